The van der Waals surface area contributed by atoms with Crippen LogP contribution in [-0.4, -0.2) is 48.9 Å². The van der Waals surface area contributed by atoms with E-state index in [9.17, 15) is 4.79 Å². The zero-order chi connectivity index (χ0) is 21.4. The fourth-order valence-electron chi connectivity index (χ4n) is 4.32. The van der Waals surface area contributed by atoms with Gasteiger partial charge in [0.2, 0.25) is 0 Å². The molecule has 158 valence electrons. The lowest BCUT2D eigenvalue weighted by atomic mass is 10.0. The van der Waals surface area contributed by atoms with E-state index in [1.54, 1.807) is 0 Å². The Hall–Kier alpha value is -3.71. The number of hydrogen-bond donors (Lipinski definition) is 2. The van der Waals surface area contributed by atoms with Crippen molar-refractivity contribution >= 4 is 28.5 Å². The number of fused-ring (bicyclic) bond motifs is 1. The van der Waals surface area contributed by atoms with Crippen LogP contribution in [0.5, 0.6) is 0 Å². The summed E-state index contributed by atoms with van der Waals surface area (Å²) in [7, 11) is 1.38. The Morgan fingerprint density at radius 3 is 2.52 bits per heavy atom. The molecule has 0 amide bonds. The number of nitrogens with one attached hydrogen (secondary N) is 1. The smallest absolute Gasteiger partial charge is 0.342 e. The molecular weight excluding hydrogens is 392 g/mol. The van der Waals surface area contributed by atoms with E-state index in [1.165, 1.54) is 7.11 Å². The van der Waals surface area contributed by atoms with Crippen LogP contribution in [0.3, 0.4) is 0 Å². The van der Waals surface area contributed by atoms with Gasteiger partial charge in [-0.25, -0.2) is 4.79 Å². The fourth-order valence-corrected chi connectivity index (χ4v) is 4.32. The van der Waals surface area contributed by atoms with Gasteiger partial charge in [0, 0.05) is 35.8 Å². The molecule has 2 aromatic carbocycles. The van der Waals surface area contributed by atoms with Gasteiger partial charge in [0.05, 0.1) is 26.0 Å². The SMILES string of the molecule is COC(=O)c1c(-c2ccccc2)c(N2CCOCC2)n(-c2c[nH]c3ccccc23)c1N. The van der Waals surface area contributed by atoms with Gasteiger partial charge in [-0.15, -0.1) is 0 Å². The first-order chi connectivity index (χ1) is 15.2. The first kappa shape index (κ1) is 19.3. The molecule has 0 radical (unpaired) electrons. The van der Waals surface area contributed by atoms with Crippen molar-refractivity contribution in [2.24, 2.45) is 0 Å². The van der Waals surface area contributed by atoms with Gasteiger partial charge in [0.15, 0.2) is 0 Å². The molecule has 0 unspecified atom stereocenters. The Morgan fingerprint density at radius 2 is 1.77 bits per heavy atom. The fraction of sp³-hybridized carbons (Fsp3) is 0.208. The second-order valence-electron chi connectivity index (χ2n) is 7.47. The van der Waals surface area contributed by atoms with E-state index >= 15 is 0 Å². The number of aromatic amines is 1. The number of nitrogen functional groups attached to an aromatic ring is 1. The third-order valence-corrected chi connectivity index (χ3v) is 5.75. The minimum atomic E-state index is -0.454. The first-order valence-electron chi connectivity index (χ1n) is 10.3. The van der Waals surface area contributed by atoms with Crippen LogP contribution >= 0.6 is 0 Å². The van der Waals surface area contributed by atoms with E-state index in [-0.39, 0.29) is 0 Å². The van der Waals surface area contributed by atoms with Crippen LogP contribution in [0.15, 0.2) is 60.8 Å². The summed E-state index contributed by atoms with van der Waals surface area (Å²) in [6.45, 7) is 2.63. The molecule has 1 saturated heterocycles. The van der Waals surface area contributed by atoms with Gasteiger partial charge in [-0.2, -0.15) is 0 Å². The molecule has 4 aromatic rings. The summed E-state index contributed by atoms with van der Waals surface area (Å²) in [6, 6.07) is 17.9. The lowest BCUT2D eigenvalue weighted by molar-refractivity contribution is 0.0603. The highest BCUT2D eigenvalue weighted by atomic mass is 16.5. The Morgan fingerprint density at radius 1 is 1.06 bits per heavy atom. The molecule has 31 heavy (non-hydrogen) atoms. The van der Waals surface area contributed by atoms with Gasteiger partial charge in [0.1, 0.15) is 17.2 Å². The molecule has 1 fully saturated rings. The van der Waals surface area contributed by atoms with Crippen LogP contribution in [0.2, 0.25) is 0 Å². The number of para-hydroxylation sites is 1. The Labute approximate surface area is 180 Å². The molecule has 7 heteroatoms. The Kier molecular flexibility index (Phi) is 4.88. The Balaban J connectivity index is 1.87. The van der Waals surface area contributed by atoms with Gasteiger partial charge in [-0.3, -0.25) is 4.57 Å². The zero-order valence-corrected chi connectivity index (χ0v) is 17.3. The lowest BCUT2D eigenvalue weighted by Crippen LogP contribution is -2.37. The lowest BCUT2D eigenvalue weighted by Gasteiger charge is -2.31. The molecule has 2 aromatic heterocycles. The molecule has 0 spiro atoms. The maximum absolute atomic E-state index is 12.9. The number of hydrogen-bond acceptors (Lipinski definition) is 5. The minimum absolute atomic E-state index is 0.358. The number of nitrogens with zero attached hydrogens (tertiary/aromatic N) is 2. The van der Waals surface area contributed by atoms with E-state index in [0.717, 1.165) is 33.5 Å². The maximum atomic E-state index is 12.9. The van der Waals surface area contributed by atoms with Crippen molar-refractivity contribution in [1.82, 2.24) is 9.55 Å². The van der Waals surface area contributed by atoms with Crippen molar-refractivity contribution < 1.29 is 14.3 Å². The van der Waals surface area contributed by atoms with E-state index < -0.39 is 5.97 Å². The first-order valence-corrected chi connectivity index (χ1v) is 10.3. The summed E-state index contributed by atoms with van der Waals surface area (Å²) in [6.07, 6.45) is 1.93. The molecule has 7 nitrogen and oxygen atoms in total. The molecule has 0 bridgehead atoms. The van der Waals surface area contributed by atoms with Crippen LogP contribution in [0.1, 0.15) is 10.4 Å². The number of morpholine rings is 1. The third-order valence-electron chi connectivity index (χ3n) is 5.75. The van der Waals surface area contributed by atoms with Crippen molar-refractivity contribution in [2.75, 3.05) is 44.0 Å². The number of H-pyrrole nitrogens is 1. The predicted octanol–water partition coefficient (Wildman–Crippen LogP) is 3.83. The van der Waals surface area contributed by atoms with Gasteiger partial charge < -0.3 is 25.1 Å². The number of rotatable bonds is 4. The average Bonchev–Trinajstić information content (AvgIpc) is 3.38. The van der Waals surface area contributed by atoms with Gasteiger partial charge in [0.25, 0.3) is 0 Å². The quantitative estimate of drug-likeness (QED) is 0.494. The number of aromatic nitrogens is 2. The molecule has 0 saturated carbocycles. The molecule has 3 N–H and O–H groups in total. The van der Waals surface area contributed by atoms with Crippen LogP contribution in [0.25, 0.3) is 27.7 Å². The summed E-state index contributed by atoms with van der Waals surface area (Å²) < 4.78 is 12.7. The highest BCUT2D eigenvalue weighted by Crippen LogP contribution is 2.44. The predicted molar refractivity (Wildman–Crippen MR) is 122 cm³/mol. The number of nitrogens with two attached hydrogens (primary N) is 1. The van der Waals surface area contributed by atoms with Gasteiger partial charge in [-0.1, -0.05) is 48.5 Å². The molecule has 3 heterocycles. The topological polar surface area (TPSA) is 85.5 Å². The number of esters is 1. The van der Waals surface area contributed by atoms with E-state index in [2.05, 4.69) is 9.88 Å². The summed E-state index contributed by atoms with van der Waals surface area (Å²) in [5.41, 5.74) is 10.7. The third kappa shape index (κ3) is 3.14. The Bertz CT molecular complexity index is 1240. The van der Waals surface area contributed by atoms with E-state index in [1.807, 2.05) is 65.4 Å². The van der Waals surface area contributed by atoms with Crippen LogP contribution in [0, 0.1) is 0 Å². The van der Waals surface area contributed by atoms with Crippen molar-refractivity contribution in [3.8, 4) is 16.8 Å². The molecule has 1 aliphatic heterocycles. The maximum Gasteiger partial charge on any atom is 0.342 e. The van der Waals surface area contributed by atoms with Crippen LogP contribution in [-0.2, 0) is 9.47 Å². The highest BCUT2D eigenvalue weighted by Gasteiger charge is 2.32. The molecule has 5 rings (SSSR count). The van der Waals surface area contributed by atoms with Crippen molar-refractivity contribution in [3.05, 3.63) is 66.4 Å². The van der Waals surface area contributed by atoms with Crippen LogP contribution < -0.4 is 10.6 Å². The number of carbonyl (C=O) groups is 1. The normalized spacial score (nSPS) is 14.2. The number of ether oxygens (including phenoxy) is 2. The standard InChI is InChI=1S/C24H24N4O3/c1-30-24(29)21-20(16-7-3-2-4-8-16)23(27-11-13-31-14-12-27)28(22(21)25)19-15-26-18-10-6-5-9-17(18)19/h2-10,15,26H,11-14,25H2,1H3. The van der Waals surface area contributed by atoms with Crippen molar-refractivity contribution in [1.29, 1.82) is 0 Å². The zero-order valence-electron chi connectivity index (χ0n) is 17.3. The number of benzene rings is 2. The van der Waals surface area contributed by atoms with Crippen LogP contribution in [0.4, 0.5) is 11.6 Å². The average molecular weight is 416 g/mol. The van der Waals surface area contributed by atoms with E-state index in [4.69, 9.17) is 15.2 Å². The summed E-state index contributed by atoms with van der Waals surface area (Å²) >= 11 is 0. The number of anilines is 2. The number of methoxy groups -OCH3 is 1. The second kappa shape index (κ2) is 7.85. The molecule has 0 aliphatic carbocycles. The minimum Gasteiger partial charge on any atom is -0.465 e. The summed E-state index contributed by atoms with van der Waals surface area (Å²) in [5, 5.41) is 1.02. The molecule has 0 atom stereocenters. The van der Waals surface area contributed by atoms with Crippen molar-refractivity contribution in [3.63, 3.8) is 0 Å². The number of carbonyl (C=O) groups excluding carboxylic acids is 1. The summed E-state index contributed by atoms with van der Waals surface area (Å²) in [4.78, 5) is 18.5. The van der Waals surface area contributed by atoms with Gasteiger partial charge >= 0.3 is 5.97 Å². The van der Waals surface area contributed by atoms with E-state index in [0.29, 0.717) is 37.7 Å². The summed E-state index contributed by atoms with van der Waals surface area (Å²) in [5.74, 6) is 0.776. The molecular formula is C24H24N4O3. The largest absolute Gasteiger partial charge is 0.465 e. The monoisotopic (exact) mass is 416 g/mol. The highest BCUT2D eigenvalue weighted by molar-refractivity contribution is 6.07. The second-order valence-corrected chi connectivity index (χ2v) is 7.47. The van der Waals surface area contributed by atoms with Crippen molar-refractivity contribution in [2.45, 2.75) is 0 Å². The van der Waals surface area contributed by atoms with Gasteiger partial charge in [-0.05, 0) is 11.6 Å². The molecule has 1 aliphatic rings.